The Labute approximate surface area is 208 Å². The molecule has 3 saturated carbocycles. The zero-order valence-corrected chi connectivity index (χ0v) is 22.2. The van der Waals surface area contributed by atoms with Gasteiger partial charge in [0.2, 0.25) is 0 Å². The fourth-order valence-corrected chi connectivity index (χ4v) is 5.96. The van der Waals surface area contributed by atoms with E-state index in [-0.39, 0.29) is 44.1 Å². The van der Waals surface area contributed by atoms with Crippen molar-refractivity contribution in [3.63, 3.8) is 0 Å². The van der Waals surface area contributed by atoms with E-state index in [0.29, 0.717) is 23.7 Å². The van der Waals surface area contributed by atoms with Crippen LogP contribution < -0.4 is 0 Å². The summed E-state index contributed by atoms with van der Waals surface area (Å²) in [7, 11) is 0. The number of hydrogen-bond acceptors (Lipinski definition) is 6. The summed E-state index contributed by atoms with van der Waals surface area (Å²) < 4.78 is 0. The largest absolute Gasteiger partial charge is 0.396 e. The van der Waals surface area contributed by atoms with E-state index in [1.165, 1.54) is 25.7 Å². The standard InChI is InChI=1S/C10H20O2.2C9H18O2/c1-2-8-3-4-9(5-6-11)10(12)7-8;1-7-2-3-8(4-5-10)9(11)6-7;1-2-7-3-4-8(6-10)9(11)5-7/h8-12H,2-7H2,1H3;2*7-11H,2-6H2,1H3. The van der Waals surface area contributed by atoms with E-state index < -0.39 is 0 Å². The molecule has 0 heterocycles. The van der Waals surface area contributed by atoms with Crippen LogP contribution >= 0.6 is 0 Å². The summed E-state index contributed by atoms with van der Waals surface area (Å²) in [4.78, 5) is 0. The Morgan fingerprint density at radius 1 is 0.559 bits per heavy atom. The van der Waals surface area contributed by atoms with Crippen molar-refractivity contribution in [3.8, 4) is 0 Å². The Morgan fingerprint density at radius 3 is 1.32 bits per heavy atom. The predicted octanol–water partition coefficient (Wildman–Crippen LogP) is 3.89. The summed E-state index contributed by atoms with van der Waals surface area (Å²) in [6, 6.07) is 0. The first-order valence-electron chi connectivity index (χ1n) is 14.2. The minimum atomic E-state index is -0.251. The van der Waals surface area contributed by atoms with Crippen molar-refractivity contribution in [3.05, 3.63) is 0 Å². The fraction of sp³-hybridized carbons (Fsp3) is 1.00. The fourth-order valence-electron chi connectivity index (χ4n) is 5.96. The lowest BCUT2D eigenvalue weighted by Gasteiger charge is -2.32. The number of aliphatic hydroxyl groups excluding tert-OH is 6. The van der Waals surface area contributed by atoms with Gasteiger partial charge in [0.15, 0.2) is 0 Å². The molecule has 0 aromatic carbocycles. The van der Waals surface area contributed by atoms with Crippen LogP contribution in [0, 0.1) is 35.5 Å². The summed E-state index contributed by atoms with van der Waals surface area (Å²) in [6.45, 7) is 7.12. The summed E-state index contributed by atoms with van der Waals surface area (Å²) in [6.07, 6.45) is 12.9. The van der Waals surface area contributed by atoms with Crippen molar-refractivity contribution in [2.75, 3.05) is 19.8 Å². The Hall–Kier alpha value is -0.240. The average molecular weight is 489 g/mol. The molecule has 0 saturated heterocycles. The summed E-state index contributed by atoms with van der Waals surface area (Å²) in [5.41, 5.74) is 0. The molecule has 0 aromatic heterocycles. The van der Waals surface area contributed by atoms with Crippen molar-refractivity contribution >= 4 is 0 Å². The summed E-state index contributed by atoms with van der Waals surface area (Å²) in [5, 5.41) is 55.1. The van der Waals surface area contributed by atoms with E-state index >= 15 is 0 Å². The van der Waals surface area contributed by atoms with E-state index in [4.69, 9.17) is 15.3 Å². The molecule has 3 fully saturated rings. The van der Waals surface area contributed by atoms with Crippen molar-refractivity contribution in [1.82, 2.24) is 0 Å². The Balaban J connectivity index is 0.000000255. The van der Waals surface area contributed by atoms with Crippen molar-refractivity contribution < 1.29 is 30.6 Å². The molecular formula is C28H56O6. The minimum Gasteiger partial charge on any atom is -0.396 e. The topological polar surface area (TPSA) is 121 Å². The third-order valence-electron chi connectivity index (χ3n) is 8.74. The highest BCUT2D eigenvalue weighted by Crippen LogP contribution is 2.33. The second-order valence-electron chi connectivity index (χ2n) is 11.3. The molecule has 0 amide bonds. The predicted molar refractivity (Wildman–Crippen MR) is 137 cm³/mol. The number of rotatable bonds is 7. The maximum atomic E-state index is 9.69. The number of aliphatic hydroxyl groups is 6. The molecular weight excluding hydrogens is 432 g/mol. The normalized spacial score (nSPS) is 38.2. The summed E-state index contributed by atoms with van der Waals surface area (Å²) in [5.74, 6) is 2.94. The van der Waals surface area contributed by atoms with Gasteiger partial charge in [-0.3, -0.25) is 0 Å². The van der Waals surface area contributed by atoms with Gasteiger partial charge in [-0.05, 0) is 87.4 Å². The molecule has 3 rings (SSSR count). The highest BCUT2D eigenvalue weighted by Gasteiger charge is 2.28. The highest BCUT2D eigenvalue weighted by atomic mass is 16.3. The van der Waals surface area contributed by atoms with Crippen LogP contribution in [0.3, 0.4) is 0 Å². The average Bonchev–Trinajstić information content (AvgIpc) is 2.83. The van der Waals surface area contributed by atoms with Crippen LogP contribution in [-0.2, 0) is 0 Å². The SMILES string of the molecule is CC1CCC(CCO)C(O)C1.CCC1CCC(CCO)C(O)C1.CCC1CCC(CO)C(O)C1. The molecule has 0 radical (unpaired) electrons. The van der Waals surface area contributed by atoms with Gasteiger partial charge in [-0.15, -0.1) is 0 Å². The molecule has 0 aliphatic heterocycles. The third-order valence-corrected chi connectivity index (χ3v) is 8.74. The molecule has 0 bridgehead atoms. The lowest BCUT2D eigenvalue weighted by Crippen LogP contribution is -2.31. The molecule has 0 spiro atoms. The zero-order chi connectivity index (χ0) is 25.5. The first-order valence-corrected chi connectivity index (χ1v) is 14.2. The Morgan fingerprint density at radius 2 is 0.971 bits per heavy atom. The van der Waals surface area contributed by atoms with Gasteiger partial charge in [-0.25, -0.2) is 0 Å². The Bertz CT molecular complexity index is 490. The second-order valence-corrected chi connectivity index (χ2v) is 11.3. The van der Waals surface area contributed by atoms with E-state index in [9.17, 15) is 15.3 Å². The van der Waals surface area contributed by atoms with Gasteiger partial charge in [0.1, 0.15) is 0 Å². The van der Waals surface area contributed by atoms with Crippen LogP contribution in [0.5, 0.6) is 0 Å². The minimum absolute atomic E-state index is 0.150. The maximum absolute atomic E-state index is 9.69. The lowest BCUT2D eigenvalue weighted by atomic mass is 9.77. The van der Waals surface area contributed by atoms with Crippen LogP contribution in [0.4, 0.5) is 0 Å². The third kappa shape index (κ3) is 11.7. The van der Waals surface area contributed by atoms with Crippen LogP contribution in [0.2, 0.25) is 0 Å². The molecule has 34 heavy (non-hydrogen) atoms. The van der Waals surface area contributed by atoms with E-state index in [1.807, 2.05) is 0 Å². The molecule has 204 valence electrons. The second kappa shape index (κ2) is 18.1. The molecule has 9 unspecified atom stereocenters. The van der Waals surface area contributed by atoms with Crippen LogP contribution in [0.1, 0.15) is 104 Å². The van der Waals surface area contributed by atoms with E-state index in [0.717, 1.165) is 63.7 Å². The molecule has 6 N–H and O–H groups in total. The first-order chi connectivity index (χ1) is 16.3. The van der Waals surface area contributed by atoms with Gasteiger partial charge in [-0.2, -0.15) is 0 Å². The smallest absolute Gasteiger partial charge is 0.0592 e. The molecule has 3 aliphatic rings. The molecule has 0 aromatic rings. The van der Waals surface area contributed by atoms with Crippen molar-refractivity contribution in [1.29, 1.82) is 0 Å². The van der Waals surface area contributed by atoms with Crippen molar-refractivity contribution in [2.24, 2.45) is 35.5 Å². The number of hydrogen-bond donors (Lipinski definition) is 6. The van der Waals surface area contributed by atoms with Gasteiger partial charge in [-0.1, -0.05) is 46.5 Å². The highest BCUT2D eigenvalue weighted by molar-refractivity contribution is 4.80. The van der Waals surface area contributed by atoms with Gasteiger partial charge in [0.05, 0.1) is 18.3 Å². The van der Waals surface area contributed by atoms with Gasteiger partial charge in [0.25, 0.3) is 0 Å². The molecule has 9 atom stereocenters. The lowest BCUT2D eigenvalue weighted by molar-refractivity contribution is 0.0151. The van der Waals surface area contributed by atoms with Crippen LogP contribution in [-0.4, -0.2) is 68.8 Å². The first kappa shape index (κ1) is 31.8. The van der Waals surface area contributed by atoms with Crippen LogP contribution in [0.15, 0.2) is 0 Å². The van der Waals surface area contributed by atoms with E-state index in [1.54, 1.807) is 0 Å². The van der Waals surface area contributed by atoms with Crippen LogP contribution in [0.25, 0.3) is 0 Å². The molecule has 3 aliphatic carbocycles. The van der Waals surface area contributed by atoms with Gasteiger partial charge < -0.3 is 30.6 Å². The monoisotopic (exact) mass is 488 g/mol. The van der Waals surface area contributed by atoms with Gasteiger partial charge in [0, 0.05) is 25.7 Å². The molecule has 6 nitrogen and oxygen atoms in total. The zero-order valence-electron chi connectivity index (χ0n) is 22.2. The summed E-state index contributed by atoms with van der Waals surface area (Å²) >= 11 is 0. The van der Waals surface area contributed by atoms with Gasteiger partial charge >= 0.3 is 0 Å². The molecule has 6 heteroatoms. The maximum Gasteiger partial charge on any atom is 0.0592 e. The Kier molecular flexibility index (Phi) is 16.9. The van der Waals surface area contributed by atoms with Crippen molar-refractivity contribution in [2.45, 2.75) is 123 Å². The van der Waals surface area contributed by atoms with E-state index in [2.05, 4.69) is 20.8 Å². The quantitative estimate of drug-likeness (QED) is 0.323.